The number of hydrogen-bond donors (Lipinski definition) is 1. The van der Waals surface area contributed by atoms with Gasteiger partial charge in [-0.25, -0.2) is 8.42 Å². The van der Waals surface area contributed by atoms with E-state index < -0.39 is 28.5 Å². The molecule has 0 aliphatic heterocycles. The predicted molar refractivity (Wildman–Crippen MR) is 188 cm³/mol. The van der Waals surface area contributed by atoms with Crippen molar-refractivity contribution in [3.63, 3.8) is 0 Å². The van der Waals surface area contributed by atoms with E-state index in [0.717, 1.165) is 46.7 Å². The number of nitrogens with zero attached hydrogens (tertiary/aromatic N) is 2. The van der Waals surface area contributed by atoms with Crippen LogP contribution in [0.3, 0.4) is 0 Å². The Hall–Kier alpha value is -3.85. The number of hydrogen-bond acceptors (Lipinski definition) is 4. The minimum atomic E-state index is -4.18. The molecule has 1 N–H and O–H groups in total. The van der Waals surface area contributed by atoms with Crippen molar-refractivity contribution in [1.29, 1.82) is 0 Å². The van der Waals surface area contributed by atoms with Crippen molar-refractivity contribution in [2.24, 2.45) is 0 Å². The van der Waals surface area contributed by atoms with Crippen LogP contribution in [0.15, 0.2) is 102 Å². The van der Waals surface area contributed by atoms with E-state index in [1.54, 1.807) is 48.5 Å². The molecule has 1 aliphatic rings. The first-order valence-electron chi connectivity index (χ1n) is 15.7. The molecule has 0 saturated heterocycles. The van der Waals surface area contributed by atoms with Crippen LogP contribution < -0.4 is 9.62 Å². The summed E-state index contributed by atoms with van der Waals surface area (Å²) < 4.78 is 29.6. The minimum absolute atomic E-state index is 0.0158. The lowest BCUT2D eigenvalue weighted by Crippen LogP contribution is -2.54. The first-order valence-corrected chi connectivity index (χ1v) is 17.9. The van der Waals surface area contributed by atoms with E-state index in [0.29, 0.717) is 21.3 Å². The molecule has 0 aromatic heterocycles. The van der Waals surface area contributed by atoms with Crippen LogP contribution in [-0.2, 0) is 32.6 Å². The molecular formula is C37H39Cl2N3O4S. The molecule has 4 aromatic carbocycles. The Morgan fingerprint density at radius 1 is 0.851 bits per heavy atom. The summed E-state index contributed by atoms with van der Waals surface area (Å²) in [6.45, 7) is 3.19. The molecule has 0 heterocycles. The third-order valence-electron chi connectivity index (χ3n) is 8.43. The first-order chi connectivity index (χ1) is 22.5. The molecule has 246 valence electrons. The zero-order valence-electron chi connectivity index (χ0n) is 26.5. The zero-order chi connectivity index (χ0) is 33.6. The number of carbonyl (C=O) groups excluding carboxylic acids is 2. The topological polar surface area (TPSA) is 86.8 Å². The maximum Gasteiger partial charge on any atom is 0.264 e. The quantitative estimate of drug-likeness (QED) is 0.167. The molecule has 47 heavy (non-hydrogen) atoms. The Kier molecular flexibility index (Phi) is 11.3. The molecule has 7 nitrogen and oxygen atoms in total. The van der Waals surface area contributed by atoms with Crippen LogP contribution in [0, 0.1) is 13.8 Å². The highest BCUT2D eigenvalue weighted by Crippen LogP contribution is 2.29. The molecule has 5 rings (SSSR count). The summed E-state index contributed by atoms with van der Waals surface area (Å²) in [5, 5.41) is 3.96. The molecule has 1 atom stereocenters. The fourth-order valence-corrected chi connectivity index (χ4v) is 7.99. The van der Waals surface area contributed by atoms with Crippen LogP contribution in [0.25, 0.3) is 0 Å². The maximum atomic E-state index is 14.7. The van der Waals surface area contributed by atoms with Crippen LogP contribution in [0.4, 0.5) is 5.69 Å². The second kappa shape index (κ2) is 15.4. The lowest BCUT2D eigenvalue weighted by atomic mass is 10.0. The van der Waals surface area contributed by atoms with Crippen molar-refractivity contribution < 1.29 is 18.0 Å². The summed E-state index contributed by atoms with van der Waals surface area (Å²) in [5.41, 5.74) is 3.51. The number of nitrogens with one attached hydrogen (secondary N) is 1. The Morgan fingerprint density at radius 2 is 1.47 bits per heavy atom. The van der Waals surface area contributed by atoms with Gasteiger partial charge in [0, 0.05) is 29.1 Å². The van der Waals surface area contributed by atoms with E-state index in [1.807, 2.05) is 50.2 Å². The van der Waals surface area contributed by atoms with Crippen molar-refractivity contribution in [3.05, 3.63) is 129 Å². The molecule has 1 unspecified atom stereocenters. The molecule has 1 saturated carbocycles. The Bertz CT molecular complexity index is 1790. The molecule has 0 radical (unpaired) electrons. The molecule has 1 fully saturated rings. The summed E-state index contributed by atoms with van der Waals surface area (Å²) in [6, 6.07) is 27.0. The van der Waals surface area contributed by atoms with Gasteiger partial charge in [-0.3, -0.25) is 13.9 Å². The summed E-state index contributed by atoms with van der Waals surface area (Å²) in [5.74, 6) is -0.833. The van der Waals surface area contributed by atoms with Crippen molar-refractivity contribution in [2.75, 3.05) is 10.8 Å². The Labute approximate surface area is 287 Å². The SMILES string of the molecule is Cc1cc(C)cc(N(CC(=O)N(Cc2ccc(Cl)cc2Cl)C(Cc2ccccc2)C(=O)NC2CCCC2)S(=O)(=O)c2ccccc2)c1. The van der Waals surface area contributed by atoms with E-state index in [-0.39, 0.29) is 29.8 Å². The minimum Gasteiger partial charge on any atom is -0.352 e. The number of aryl methyl sites for hydroxylation is 2. The predicted octanol–water partition coefficient (Wildman–Crippen LogP) is 7.50. The summed E-state index contributed by atoms with van der Waals surface area (Å²) >= 11 is 12.8. The highest BCUT2D eigenvalue weighted by atomic mass is 35.5. The van der Waals surface area contributed by atoms with Crippen LogP contribution >= 0.6 is 23.2 Å². The molecule has 0 bridgehead atoms. The van der Waals surface area contributed by atoms with Gasteiger partial charge in [0.1, 0.15) is 12.6 Å². The summed E-state index contributed by atoms with van der Waals surface area (Å²) in [6.07, 6.45) is 4.03. The standard InChI is InChI=1S/C37H39Cl2N3O4S/c1-26-19-27(2)21-32(20-26)42(47(45,46)33-15-7-4-8-16-33)25-36(43)41(24-29-17-18-30(38)23-34(29)39)35(22-28-11-5-3-6-12-28)37(44)40-31-13-9-10-14-31/h3-8,11-12,15-21,23,31,35H,9-10,13-14,22,24-25H2,1-2H3,(H,40,44). The molecule has 1 aliphatic carbocycles. The van der Waals surface area contributed by atoms with Crippen LogP contribution in [0.5, 0.6) is 0 Å². The van der Waals surface area contributed by atoms with Crippen molar-refractivity contribution in [2.45, 2.75) is 69.5 Å². The van der Waals surface area contributed by atoms with Gasteiger partial charge in [-0.05, 0) is 85.3 Å². The van der Waals surface area contributed by atoms with Gasteiger partial charge in [-0.1, -0.05) is 96.7 Å². The number of anilines is 1. The van der Waals surface area contributed by atoms with E-state index in [2.05, 4.69) is 5.32 Å². The monoisotopic (exact) mass is 691 g/mol. The van der Waals surface area contributed by atoms with E-state index >= 15 is 0 Å². The average molecular weight is 693 g/mol. The van der Waals surface area contributed by atoms with Gasteiger partial charge in [0.25, 0.3) is 10.0 Å². The second-order valence-corrected chi connectivity index (χ2v) is 14.8. The first kappa shape index (κ1) is 34.5. The smallest absolute Gasteiger partial charge is 0.264 e. The van der Waals surface area contributed by atoms with Gasteiger partial charge < -0.3 is 10.2 Å². The number of sulfonamides is 1. The van der Waals surface area contributed by atoms with Crippen LogP contribution in [-0.4, -0.2) is 43.8 Å². The fourth-order valence-electron chi connectivity index (χ4n) is 6.10. The highest BCUT2D eigenvalue weighted by molar-refractivity contribution is 7.92. The van der Waals surface area contributed by atoms with Crippen LogP contribution in [0.2, 0.25) is 10.0 Å². The lowest BCUT2D eigenvalue weighted by Gasteiger charge is -2.34. The average Bonchev–Trinajstić information content (AvgIpc) is 3.55. The third-order valence-corrected chi connectivity index (χ3v) is 10.8. The van der Waals surface area contributed by atoms with Crippen molar-refractivity contribution in [1.82, 2.24) is 10.2 Å². The largest absolute Gasteiger partial charge is 0.352 e. The summed E-state index contributed by atoms with van der Waals surface area (Å²) in [4.78, 5) is 30.4. The maximum absolute atomic E-state index is 14.7. The van der Waals surface area contributed by atoms with Gasteiger partial charge >= 0.3 is 0 Å². The van der Waals surface area contributed by atoms with Gasteiger partial charge in [0.2, 0.25) is 11.8 Å². The second-order valence-electron chi connectivity index (χ2n) is 12.1. The molecule has 0 spiro atoms. The molecule has 10 heteroatoms. The van der Waals surface area contributed by atoms with Gasteiger partial charge in [-0.2, -0.15) is 0 Å². The molecular weight excluding hydrogens is 653 g/mol. The van der Waals surface area contributed by atoms with Crippen molar-refractivity contribution in [3.8, 4) is 0 Å². The number of benzene rings is 4. The van der Waals surface area contributed by atoms with E-state index in [1.165, 1.54) is 17.0 Å². The Morgan fingerprint density at radius 3 is 2.09 bits per heavy atom. The third kappa shape index (κ3) is 8.74. The normalized spacial score (nSPS) is 14.0. The molecule has 4 aromatic rings. The van der Waals surface area contributed by atoms with Crippen molar-refractivity contribution >= 4 is 50.7 Å². The fraction of sp³-hybridized carbons (Fsp3) is 0.297. The number of rotatable bonds is 12. The number of halogens is 2. The zero-order valence-corrected chi connectivity index (χ0v) is 28.9. The summed E-state index contributed by atoms with van der Waals surface area (Å²) in [7, 11) is -4.18. The number of amides is 2. The Balaban J connectivity index is 1.60. The van der Waals surface area contributed by atoms with E-state index in [9.17, 15) is 18.0 Å². The number of carbonyl (C=O) groups is 2. The van der Waals surface area contributed by atoms with Gasteiger partial charge in [0.15, 0.2) is 0 Å². The van der Waals surface area contributed by atoms with Crippen LogP contribution in [0.1, 0.15) is 47.9 Å². The van der Waals surface area contributed by atoms with Gasteiger partial charge in [0.05, 0.1) is 10.6 Å². The lowest BCUT2D eigenvalue weighted by molar-refractivity contribution is -0.140. The molecule has 2 amide bonds. The van der Waals surface area contributed by atoms with Gasteiger partial charge in [-0.15, -0.1) is 0 Å². The highest BCUT2D eigenvalue weighted by Gasteiger charge is 2.36. The van der Waals surface area contributed by atoms with E-state index in [4.69, 9.17) is 23.2 Å².